The Hall–Kier alpha value is -1.42. The zero-order chi connectivity index (χ0) is 16.0. The van der Waals surface area contributed by atoms with Crippen LogP contribution in [0.2, 0.25) is 0 Å². The van der Waals surface area contributed by atoms with Crippen molar-refractivity contribution in [2.45, 2.75) is 37.5 Å². The molecule has 1 aliphatic heterocycles. The number of ether oxygens (including phenoxy) is 2. The molecule has 0 unspecified atom stereocenters. The van der Waals surface area contributed by atoms with Crippen LogP contribution in [0, 0.1) is 12.4 Å². The molecule has 2 aliphatic rings. The predicted molar refractivity (Wildman–Crippen MR) is 88.0 cm³/mol. The quantitative estimate of drug-likeness (QED) is 0.656. The average molecular weight is 379 g/mol. The molecule has 0 atom stereocenters. The molecule has 1 saturated carbocycles. The van der Waals surface area contributed by atoms with Crippen molar-refractivity contribution in [2.75, 3.05) is 13.2 Å². The maximum Gasteiger partial charge on any atom is 0.222 e. The van der Waals surface area contributed by atoms with Crippen LogP contribution < -0.4 is 0 Å². The normalized spacial score (nSPS) is 21.1. The number of aromatic nitrogens is 1. The zero-order valence-corrected chi connectivity index (χ0v) is 14.1. The first-order valence-corrected chi connectivity index (χ1v) is 8.56. The van der Waals surface area contributed by atoms with Gasteiger partial charge in [0.2, 0.25) is 5.69 Å². The largest absolute Gasteiger partial charge is 0.348 e. The minimum absolute atomic E-state index is 0.0614. The molecule has 4 nitrogen and oxygen atoms in total. The Kier molecular flexibility index (Phi) is 3.67. The molecule has 6 heteroatoms. The van der Waals surface area contributed by atoms with Gasteiger partial charge in [-0.05, 0) is 40.9 Å². The van der Waals surface area contributed by atoms with Crippen LogP contribution in [0.5, 0.6) is 0 Å². The van der Waals surface area contributed by atoms with Crippen molar-refractivity contribution >= 4 is 32.5 Å². The van der Waals surface area contributed by atoms with Gasteiger partial charge >= 0.3 is 0 Å². The van der Waals surface area contributed by atoms with Crippen LogP contribution in [-0.4, -0.2) is 23.6 Å². The van der Waals surface area contributed by atoms with E-state index in [9.17, 15) is 4.39 Å². The van der Waals surface area contributed by atoms with Crippen molar-refractivity contribution in [3.63, 3.8) is 0 Å². The highest BCUT2D eigenvalue weighted by atomic mass is 79.9. The van der Waals surface area contributed by atoms with Gasteiger partial charge in [0.25, 0.3) is 0 Å². The van der Waals surface area contributed by atoms with E-state index in [1.165, 1.54) is 6.07 Å². The smallest absolute Gasteiger partial charge is 0.222 e. The summed E-state index contributed by atoms with van der Waals surface area (Å²) < 4.78 is 28.6. The Morgan fingerprint density at radius 3 is 2.61 bits per heavy atom. The number of fused-ring (bicyclic) bond motifs is 1. The van der Waals surface area contributed by atoms with Crippen molar-refractivity contribution < 1.29 is 13.9 Å². The lowest BCUT2D eigenvalue weighted by Crippen LogP contribution is -2.35. The summed E-state index contributed by atoms with van der Waals surface area (Å²) in [5.74, 6) is -0.853. The Labute approximate surface area is 142 Å². The van der Waals surface area contributed by atoms with E-state index in [0.29, 0.717) is 19.3 Å². The molecule has 1 aliphatic carbocycles. The topological polar surface area (TPSA) is 27.8 Å². The summed E-state index contributed by atoms with van der Waals surface area (Å²) in [5, 5.41) is 0.881. The summed E-state index contributed by atoms with van der Waals surface area (Å²) >= 11 is 3.54. The molecule has 4 rings (SSSR count). The van der Waals surface area contributed by atoms with E-state index in [1.807, 2.05) is 6.20 Å². The molecule has 120 valence electrons. The highest BCUT2D eigenvalue weighted by molar-refractivity contribution is 9.10. The first kappa shape index (κ1) is 15.1. The van der Waals surface area contributed by atoms with Crippen molar-refractivity contribution in [1.29, 1.82) is 0 Å². The molecule has 1 aromatic heterocycles. The second-order valence-electron chi connectivity index (χ2n) is 6.16. The van der Waals surface area contributed by atoms with E-state index < -0.39 is 5.82 Å². The van der Waals surface area contributed by atoms with Crippen molar-refractivity contribution in [3.8, 4) is 0 Å². The monoisotopic (exact) mass is 378 g/mol. The molecule has 1 spiro atoms. The first-order valence-electron chi connectivity index (χ1n) is 7.77. The molecule has 1 aromatic carbocycles. The van der Waals surface area contributed by atoms with Crippen LogP contribution in [0.25, 0.3) is 15.7 Å². The molecular weight excluding hydrogens is 363 g/mol. The van der Waals surface area contributed by atoms with Gasteiger partial charge in [-0.15, -0.1) is 0 Å². The molecule has 2 fully saturated rings. The highest BCUT2D eigenvalue weighted by Gasteiger charge is 2.40. The summed E-state index contributed by atoms with van der Waals surface area (Å²) in [6.45, 7) is 8.41. The van der Waals surface area contributed by atoms with E-state index >= 15 is 0 Å². The number of nitrogens with zero attached hydrogens (tertiary/aromatic N) is 2. The Morgan fingerprint density at radius 1 is 1.26 bits per heavy atom. The van der Waals surface area contributed by atoms with E-state index in [-0.39, 0.29) is 11.5 Å². The Bertz CT molecular complexity index is 795. The fraction of sp³-hybridized carbons (Fsp3) is 0.471. The Balaban J connectivity index is 1.67. The SMILES string of the molecule is [C-]#[N+]c1cc2c(Br)cn(C3CCC4(CC3)OCCO4)c2cc1F. The fourth-order valence-electron chi connectivity index (χ4n) is 3.71. The minimum Gasteiger partial charge on any atom is -0.348 e. The lowest BCUT2D eigenvalue weighted by molar-refractivity contribution is -0.181. The van der Waals surface area contributed by atoms with Crippen LogP contribution in [-0.2, 0) is 9.47 Å². The minimum atomic E-state index is -0.464. The maximum atomic E-state index is 14.0. The summed E-state index contributed by atoms with van der Waals surface area (Å²) in [6.07, 6.45) is 5.58. The lowest BCUT2D eigenvalue weighted by Gasteiger charge is -2.36. The van der Waals surface area contributed by atoms with Crippen LogP contribution in [0.15, 0.2) is 22.8 Å². The molecule has 0 bridgehead atoms. The first-order chi connectivity index (χ1) is 11.1. The van der Waals surface area contributed by atoms with Gasteiger partial charge in [-0.1, -0.05) is 0 Å². The number of rotatable bonds is 1. The van der Waals surface area contributed by atoms with Crippen LogP contribution in [0.4, 0.5) is 10.1 Å². The summed E-state index contributed by atoms with van der Waals surface area (Å²) in [5.41, 5.74) is 0.891. The summed E-state index contributed by atoms with van der Waals surface area (Å²) in [4.78, 5) is 3.24. The molecule has 0 N–H and O–H groups in total. The second kappa shape index (κ2) is 5.59. The predicted octanol–water partition coefficient (Wildman–Crippen LogP) is 4.95. The average Bonchev–Trinajstić information content (AvgIpc) is 3.13. The second-order valence-corrected chi connectivity index (χ2v) is 7.01. The third-order valence-electron chi connectivity index (χ3n) is 4.90. The van der Waals surface area contributed by atoms with Gasteiger partial charge in [0.1, 0.15) is 5.82 Å². The number of benzene rings is 1. The zero-order valence-electron chi connectivity index (χ0n) is 12.5. The summed E-state index contributed by atoms with van der Waals surface area (Å²) in [6, 6.07) is 3.38. The molecule has 0 amide bonds. The van der Waals surface area contributed by atoms with E-state index in [2.05, 4.69) is 25.3 Å². The van der Waals surface area contributed by atoms with Crippen LogP contribution in [0.1, 0.15) is 31.7 Å². The Morgan fingerprint density at radius 2 is 1.96 bits per heavy atom. The van der Waals surface area contributed by atoms with E-state index in [0.717, 1.165) is 41.1 Å². The molecular formula is C17H16BrFN2O2. The van der Waals surface area contributed by atoms with Crippen LogP contribution >= 0.6 is 15.9 Å². The van der Waals surface area contributed by atoms with E-state index in [4.69, 9.17) is 16.0 Å². The molecule has 0 radical (unpaired) electrons. The summed E-state index contributed by atoms with van der Waals surface area (Å²) in [7, 11) is 0. The van der Waals surface area contributed by atoms with E-state index in [1.54, 1.807) is 6.07 Å². The third-order valence-corrected chi connectivity index (χ3v) is 5.53. The van der Waals surface area contributed by atoms with Gasteiger partial charge in [-0.2, -0.15) is 0 Å². The van der Waals surface area contributed by atoms with Gasteiger partial charge < -0.3 is 14.0 Å². The number of hydrogen-bond donors (Lipinski definition) is 0. The number of hydrogen-bond acceptors (Lipinski definition) is 2. The third kappa shape index (κ3) is 2.47. The molecule has 2 heterocycles. The van der Waals surface area contributed by atoms with Gasteiger partial charge in [0.05, 0.1) is 19.8 Å². The van der Waals surface area contributed by atoms with Crippen molar-refractivity contribution in [1.82, 2.24) is 4.57 Å². The fourth-order valence-corrected chi connectivity index (χ4v) is 4.25. The standard InChI is InChI=1S/C17H16BrFN2O2/c1-20-15-8-12-13(18)10-21(16(12)9-14(15)19)11-2-4-17(5-3-11)22-6-7-23-17/h8-11H,2-7H2. The van der Waals surface area contributed by atoms with Gasteiger partial charge in [-0.3, -0.25) is 0 Å². The highest BCUT2D eigenvalue weighted by Crippen LogP contribution is 2.43. The van der Waals surface area contributed by atoms with Crippen LogP contribution in [0.3, 0.4) is 0 Å². The van der Waals surface area contributed by atoms with Gasteiger partial charge in [0, 0.05) is 40.5 Å². The van der Waals surface area contributed by atoms with Crippen molar-refractivity contribution in [3.05, 3.63) is 40.0 Å². The van der Waals surface area contributed by atoms with Gasteiger partial charge in [0.15, 0.2) is 5.79 Å². The molecule has 2 aromatic rings. The lowest BCUT2D eigenvalue weighted by atomic mass is 9.90. The maximum absolute atomic E-state index is 14.0. The van der Waals surface area contributed by atoms with Gasteiger partial charge in [-0.25, -0.2) is 9.24 Å². The molecule has 23 heavy (non-hydrogen) atoms. The van der Waals surface area contributed by atoms with Crippen molar-refractivity contribution in [2.24, 2.45) is 0 Å². The molecule has 1 saturated heterocycles. The number of halogens is 2.